The van der Waals surface area contributed by atoms with Crippen molar-refractivity contribution in [3.05, 3.63) is 130 Å². The number of hydrogen-bond donors (Lipinski definition) is 0. The van der Waals surface area contributed by atoms with Gasteiger partial charge in [0.15, 0.2) is 4.80 Å². The van der Waals surface area contributed by atoms with Gasteiger partial charge in [0.05, 0.1) is 40.6 Å². The van der Waals surface area contributed by atoms with Crippen LogP contribution in [-0.2, 0) is 20.9 Å². The minimum Gasteiger partial charge on any atom is -0.488 e. The number of fused-ring (bicyclic) bond motifs is 1. The van der Waals surface area contributed by atoms with Crippen molar-refractivity contribution in [1.29, 1.82) is 0 Å². The number of hydrogen-bond acceptors (Lipinski definition) is 8. The highest BCUT2D eigenvalue weighted by molar-refractivity contribution is 9.10. The number of thiazole rings is 1. The van der Waals surface area contributed by atoms with Gasteiger partial charge in [0.1, 0.15) is 12.4 Å². The third kappa shape index (κ3) is 6.61. The largest absolute Gasteiger partial charge is 0.488 e. The summed E-state index contributed by atoms with van der Waals surface area (Å²) in [5, 5.41) is 0. The second kappa shape index (κ2) is 13.6. The van der Waals surface area contributed by atoms with Gasteiger partial charge < -0.3 is 14.2 Å². The number of benzene rings is 3. The molecule has 0 radical (unpaired) electrons. The summed E-state index contributed by atoms with van der Waals surface area (Å²) in [5.41, 5.74) is 4.48. The average Bonchev–Trinajstić information content (AvgIpc) is 3.30. The van der Waals surface area contributed by atoms with Crippen LogP contribution in [0.15, 0.2) is 92.3 Å². The van der Waals surface area contributed by atoms with Gasteiger partial charge in [0.2, 0.25) is 0 Å². The molecule has 1 aromatic heterocycles. The summed E-state index contributed by atoms with van der Waals surface area (Å²) in [6.45, 7) is 8.04. The molecule has 5 rings (SSSR count). The van der Waals surface area contributed by atoms with Gasteiger partial charge in [-0.3, -0.25) is 9.36 Å². The molecule has 1 aliphatic heterocycles. The quantitative estimate of drug-likeness (QED) is 0.214. The maximum absolute atomic E-state index is 14.0. The molecule has 0 unspecified atom stereocenters. The highest BCUT2D eigenvalue weighted by Gasteiger charge is 2.33. The lowest BCUT2D eigenvalue weighted by atomic mass is 9.95. The number of aromatic nitrogens is 1. The molecule has 0 bridgehead atoms. The first-order chi connectivity index (χ1) is 21.2. The lowest BCUT2D eigenvalue weighted by Crippen LogP contribution is -2.39. The van der Waals surface area contributed by atoms with Crippen molar-refractivity contribution in [3.63, 3.8) is 0 Å². The van der Waals surface area contributed by atoms with Crippen molar-refractivity contribution in [3.8, 4) is 5.75 Å². The van der Waals surface area contributed by atoms with Gasteiger partial charge >= 0.3 is 11.9 Å². The molecule has 1 aliphatic rings. The number of aryl methyl sites for hydroxylation is 1. The Morgan fingerprint density at radius 2 is 1.64 bits per heavy atom. The zero-order valence-electron chi connectivity index (χ0n) is 24.8. The van der Waals surface area contributed by atoms with E-state index in [0.29, 0.717) is 44.1 Å². The van der Waals surface area contributed by atoms with Crippen molar-refractivity contribution in [2.75, 3.05) is 13.2 Å². The highest BCUT2D eigenvalue weighted by Crippen LogP contribution is 2.31. The Morgan fingerprint density at radius 3 is 2.32 bits per heavy atom. The molecule has 3 aromatic carbocycles. The lowest BCUT2D eigenvalue weighted by molar-refractivity contribution is -0.139. The van der Waals surface area contributed by atoms with Crippen molar-refractivity contribution >= 4 is 45.3 Å². The fourth-order valence-corrected chi connectivity index (χ4v) is 6.29. The van der Waals surface area contributed by atoms with Crippen LogP contribution >= 0.6 is 27.3 Å². The monoisotopic (exact) mass is 674 g/mol. The zero-order valence-corrected chi connectivity index (χ0v) is 27.2. The number of rotatable bonds is 9. The number of allylic oxidation sites excluding steroid dienone is 1. The predicted octanol–water partition coefficient (Wildman–Crippen LogP) is 5.62. The fourth-order valence-electron chi connectivity index (χ4n) is 4.87. The molecule has 0 aliphatic carbocycles. The van der Waals surface area contributed by atoms with E-state index in [4.69, 9.17) is 14.2 Å². The molecule has 0 saturated heterocycles. The first-order valence-corrected chi connectivity index (χ1v) is 15.8. The molecule has 8 nitrogen and oxygen atoms in total. The molecular weight excluding hydrogens is 644 g/mol. The molecule has 10 heteroatoms. The molecule has 0 N–H and O–H groups in total. The first kappa shape index (κ1) is 31.2. The summed E-state index contributed by atoms with van der Waals surface area (Å²) in [4.78, 5) is 44.3. The summed E-state index contributed by atoms with van der Waals surface area (Å²) < 4.78 is 19.4. The third-order valence-corrected chi connectivity index (χ3v) is 8.50. The summed E-state index contributed by atoms with van der Waals surface area (Å²) in [6, 6.07) is 19.7. The Morgan fingerprint density at radius 1 is 0.955 bits per heavy atom. The molecule has 44 heavy (non-hydrogen) atoms. The summed E-state index contributed by atoms with van der Waals surface area (Å²) in [6.07, 6.45) is 1.78. The summed E-state index contributed by atoms with van der Waals surface area (Å²) in [7, 11) is 0. The molecule has 0 saturated carbocycles. The SMILES string of the molecule is CCOC(=O)C1=C(C)N=c2s/c(=C\c3cc(Br)ccc3OCc3ccc(C(=O)OCC)cc3)c(=O)n2[C@H]1c1ccc(C)cc1. The van der Waals surface area contributed by atoms with E-state index in [9.17, 15) is 14.4 Å². The van der Waals surface area contributed by atoms with Crippen LogP contribution in [0.4, 0.5) is 0 Å². The fraction of sp³-hybridized carbons (Fsp3) is 0.235. The molecule has 4 aromatic rings. The van der Waals surface area contributed by atoms with E-state index in [0.717, 1.165) is 21.2 Å². The standard InChI is InChI=1S/C34H31BrN2O6S/c1-5-41-32(39)24-13-9-22(10-14-24)19-43-27-16-15-26(35)17-25(27)18-28-31(38)37-30(23-11-7-20(3)8-12-23)29(33(40)42-6-2)21(4)36-34(37)44-28/h7-18,30H,5-6,19H2,1-4H3/b28-18-/t30-/m0/s1. The van der Waals surface area contributed by atoms with E-state index >= 15 is 0 Å². The van der Waals surface area contributed by atoms with Crippen molar-refractivity contribution < 1.29 is 23.8 Å². The molecule has 0 spiro atoms. The van der Waals surface area contributed by atoms with Crippen LogP contribution in [0.25, 0.3) is 6.08 Å². The van der Waals surface area contributed by atoms with Gasteiger partial charge in [-0.25, -0.2) is 14.6 Å². The van der Waals surface area contributed by atoms with Crippen molar-refractivity contribution in [1.82, 2.24) is 4.57 Å². The second-order valence-electron chi connectivity index (χ2n) is 10.1. The average molecular weight is 676 g/mol. The third-order valence-electron chi connectivity index (χ3n) is 7.03. The first-order valence-electron chi connectivity index (χ1n) is 14.1. The Bertz CT molecular complexity index is 1920. The minimum atomic E-state index is -0.677. The number of carbonyl (C=O) groups is 2. The van der Waals surface area contributed by atoms with E-state index < -0.39 is 12.0 Å². The number of nitrogens with zero attached hydrogens (tertiary/aromatic N) is 2. The predicted molar refractivity (Wildman–Crippen MR) is 172 cm³/mol. The van der Waals surface area contributed by atoms with Gasteiger partial charge in [0.25, 0.3) is 5.56 Å². The highest BCUT2D eigenvalue weighted by atomic mass is 79.9. The Hall–Kier alpha value is -4.28. The second-order valence-corrected chi connectivity index (χ2v) is 12.0. The van der Waals surface area contributed by atoms with Crippen LogP contribution in [-0.4, -0.2) is 29.7 Å². The topological polar surface area (TPSA) is 96.2 Å². The van der Waals surface area contributed by atoms with Gasteiger partial charge in [0, 0.05) is 10.0 Å². The maximum atomic E-state index is 14.0. The van der Waals surface area contributed by atoms with Crippen LogP contribution < -0.4 is 19.6 Å². The summed E-state index contributed by atoms with van der Waals surface area (Å²) in [5.74, 6) is -0.288. The Balaban J connectivity index is 1.53. The van der Waals surface area contributed by atoms with Gasteiger partial charge in [-0.05, 0) is 75.2 Å². The number of carbonyl (C=O) groups excluding carboxylic acids is 2. The van der Waals surface area contributed by atoms with Crippen molar-refractivity contribution in [2.45, 2.75) is 40.3 Å². The van der Waals surface area contributed by atoms with Crippen LogP contribution in [0, 0.1) is 6.92 Å². The molecule has 0 fully saturated rings. The van der Waals surface area contributed by atoms with Crippen LogP contribution in [0.2, 0.25) is 0 Å². The van der Waals surface area contributed by atoms with Gasteiger partial charge in [-0.1, -0.05) is 69.2 Å². The zero-order chi connectivity index (χ0) is 31.4. The van der Waals surface area contributed by atoms with Gasteiger partial charge in [-0.2, -0.15) is 0 Å². The Labute approximate surface area is 267 Å². The van der Waals surface area contributed by atoms with E-state index in [1.165, 1.54) is 11.3 Å². The van der Waals surface area contributed by atoms with E-state index in [1.54, 1.807) is 43.5 Å². The van der Waals surface area contributed by atoms with Crippen molar-refractivity contribution in [2.24, 2.45) is 4.99 Å². The number of esters is 2. The minimum absolute atomic E-state index is 0.210. The summed E-state index contributed by atoms with van der Waals surface area (Å²) >= 11 is 4.79. The smallest absolute Gasteiger partial charge is 0.338 e. The Kier molecular flexibility index (Phi) is 9.61. The van der Waals surface area contributed by atoms with Crippen LogP contribution in [0.3, 0.4) is 0 Å². The van der Waals surface area contributed by atoms with E-state index in [-0.39, 0.29) is 24.7 Å². The lowest BCUT2D eigenvalue weighted by Gasteiger charge is -2.24. The van der Waals surface area contributed by atoms with Crippen LogP contribution in [0.1, 0.15) is 59.4 Å². The number of halogens is 1. The molecule has 0 amide bonds. The van der Waals surface area contributed by atoms with Crippen LogP contribution in [0.5, 0.6) is 5.75 Å². The number of ether oxygens (including phenoxy) is 3. The normalized spacial score (nSPS) is 14.6. The molecule has 1 atom stereocenters. The molecular formula is C34H31BrN2O6S. The van der Waals surface area contributed by atoms with E-state index in [1.807, 2.05) is 61.5 Å². The van der Waals surface area contributed by atoms with E-state index in [2.05, 4.69) is 20.9 Å². The molecule has 226 valence electrons. The molecule has 2 heterocycles. The van der Waals surface area contributed by atoms with Gasteiger partial charge in [-0.15, -0.1) is 0 Å². The maximum Gasteiger partial charge on any atom is 0.338 e.